The van der Waals surface area contributed by atoms with Crippen LogP contribution in [0.3, 0.4) is 0 Å². The van der Waals surface area contributed by atoms with Crippen LogP contribution in [0.1, 0.15) is 31.2 Å². The summed E-state index contributed by atoms with van der Waals surface area (Å²) in [6, 6.07) is 2.42. The van der Waals surface area contributed by atoms with E-state index in [1.807, 2.05) is 6.07 Å². The van der Waals surface area contributed by atoms with Gasteiger partial charge in [-0.25, -0.2) is 4.99 Å². The molecular formula is C11H17N3O. The molecule has 0 amide bonds. The Bertz CT molecular complexity index is 313. The highest BCUT2D eigenvalue weighted by Crippen LogP contribution is 2.17. The summed E-state index contributed by atoms with van der Waals surface area (Å²) in [4.78, 5) is 4.25. The molecule has 0 atom stereocenters. The number of nitrogens with two attached hydrogens (primary N) is 1. The van der Waals surface area contributed by atoms with Crippen LogP contribution in [-0.2, 0) is 6.54 Å². The SMILES string of the molecule is NC(=NCc1ccoc1)NC1CCCC1. The van der Waals surface area contributed by atoms with Crippen LogP contribution in [0.15, 0.2) is 28.0 Å². The van der Waals surface area contributed by atoms with E-state index < -0.39 is 0 Å². The lowest BCUT2D eigenvalue weighted by Gasteiger charge is -2.11. The van der Waals surface area contributed by atoms with Crippen LogP contribution >= 0.6 is 0 Å². The van der Waals surface area contributed by atoms with E-state index in [9.17, 15) is 0 Å². The Morgan fingerprint density at radius 3 is 3.00 bits per heavy atom. The largest absolute Gasteiger partial charge is 0.472 e. The summed E-state index contributed by atoms with van der Waals surface area (Å²) in [6.07, 6.45) is 8.35. The minimum Gasteiger partial charge on any atom is -0.472 e. The van der Waals surface area contributed by atoms with E-state index in [1.165, 1.54) is 25.7 Å². The average molecular weight is 207 g/mol. The second-order valence-corrected chi connectivity index (χ2v) is 3.96. The van der Waals surface area contributed by atoms with Gasteiger partial charge in [-0.1, -0.05) is 12.8 Å². The summed E-state index contributed by atoms with van der Waals surface area (Å²) >= 11 is 0. The number of nitrogens with zero attached hydrogens (tertiary/aromatic N) is 1. The fraction of sp³-hybridized carbons (Fsp3) is 0.545. The van der Waals surface area contributed by atoms with Crippen LogP contribution in [0, 0.1) is 0 Å². The zero-order valence-corrected chi connectivity index (χ0v) is 8.78. The minimum absolute atomic E-state index is 0.526. The molecule has 82 valence electrons. The van der Waals surface area contributed by atoms with Crippen molar-refractivity contribution in [2.24, 2.45) is 10.7 Å². The molecule has 1 aliphatic rings. The third kappa shape index (κ3) is 3.01. The van der Waals surface area contributed by atoms with Crippen molar-refractivity contribution in [2.45, 2.75) is 38.3 Å². The van der Waals surface area contributed by atoms with E-state index >= 15 is 0 Å². The number of rotatable bonds is 3. The second kappa shape index (κ2) is 4.87. The van der Waals surface area contributed by atoms with Crippen LogP contribution in [0.2, 0.25) is 0 Å². The molecule has 1 aliphatic carbocycles. The van der Waals surface area contributed by atoms with Gasteiger partial charge < -0.3 is 15.5 Å². The molecule has 1 heterocycles. The minimum atomic E-state index is 0.526. The fourth-order valence-corrected chi connectivity index (χ4v) is 1.88. The number of aliphatic imine (C=N–C) groups is 1. The Kier molecular flexibility index (Phi) is 3.27. The quantitative estimate of drug-likeness (QED) is 0.585. The van der Waals surface area contributed by atoms with Gasteiger partial charge in [-0.3, -0.25) is 0 Å². The van der Waals surface area contributed by atoms with Gasteiger partial charge in [0, 0.05) is 11.6 Å². The molecule has 4 heteroatoms. The molecule has 0 aliphatic heterocycles. The Balaban J connectivity index is 1.79. The normalized spacial score (nSPS) is 18.3. The predicted molar refractivity (Wildman–Crippen MR) is 59.4 cm³/mol. The first-order valence-electron chi connectivity index (χ1n) is 5.42. The van der Waals surface area contributed by atoms with Crippen LogP contribution in [0.4, 0.5) is 0 Å². The molecule has 15 heavy (non-hydrogen) atoms. The van der Waals surface area contributed by atoms with Crippen LogP contribution in [0.5, 0.6) is 0 Å². The van der Waals surface area contributed by atoms with Crippen molar-refractivity contribution < 1.29 is 4.42 Å². The highest BCUT2D eigenvalue weighted by atomic mass is 16.3. The van der Waals surface area contributed by atoms with Gasteiger partial charge in [0.25, 0.3) is 0 Å². The van der Waals surface area contributed by atoms with Gasteiger partial charge in [0.2, 0.25) is 0 Å². The Morgan fingerprint density at radius 2 is 2.33 bits per heavy atom. The van der Waals surface area contributed by atoms with E-state index in [-0.39, 0.29) is 0 Å². The van der Waals surface area contributed by atoms with Crippen molar-refractivity contribution in [3.8, 4) is 0 Å². The zero-order chi connectivity index (χ0) is 10.5. The molecule has 0 radical (unpaired) electrons. The molecule has 1 aromatic rings. The summed E-state index contributed by atoms with van der Waals surface area (Å²) in [5.41, 5.74) is 6.83. The maximum Gasteiger partial charge on any atom is 0.189 e. The van der Waals surface area contributed by atoms with Crippen molar-refractivity contribution in [1.29, 1.82) is 0 Å². The van der Waals surface area contributed by atoms with Crippen molar-refractivity contribution in [2.75, 3.05) is 0 Å². The van der Waals surface area contributed by atoms with E-state index in [1.54, 1.807) is 12.5 Å². The highest BCUT2D eigenvalue weighted by molar-refractivity contribution is 5.78. The van der Waals surface area contributed by atoms with Gasteiger partial charge in [0.1, 0.15) is 0 Å². The molecule has 3 N–H and O–H groups in total. The number of hydrogen-bond donors (Lipinski definition) is 2. The first kappa shape index (κ1) is 10.1. The Hall–Kier alpha value is -1.45. The Morgan fingerprint density at radius 1 is 1.53 bits per heavy atom. The molecule has 1 fully saturated rings. The monoisotopic (exact) mass is 207 g/mol. The predicted octanol–water partition coefficient (Wildman–Crippen LogP) is 1.63. The third-order valence-corrected chi connectivity index (χ3v) is 2.72. The molecule has 0 bridgehead atoms. The summed E-state index contributed by atoms with van der Waals surface area (Å²) < 4.78 is 4.95. The highest BCUT2D eigenvalue weighted by Gasteiger charge is 2.14. The summed E-state index contributed by atoms with van der Waals surface area (Å²) in [7, 11) is 0. The van der Waals surface area contributed by atoms with E-state index in [4.69, 9.17) is 10.2 Å². The maximum atomic E-state index is 5.78. The van der Waals surface area contributed by atoms with Crippen LogP contribution in [0.25, 0.3) is 0 Å². The molecule has 0 spiro atoms. The lowest BCUT2D eigenvalue weighted by Crippen LogP contribution is -2.38. The molecule has 4 nitrogen and oxygen atoms in total. The number of hydrogen-bond acceptors (Lipinski definition) is 2. The van der Waals surface area contributed by atoms with E-state index in [2.05, 4.69) is 10.3 Å². The van der Waals surface area contributed by atoms with Crippen LogP contribution in [-0.4, -0.2) is 12.0 Å². The van der Waals surface area contributed by atoms with Gasteiger partial charge in [-0.2, -0.15) is 0 Å². The summed E-state index contributed by atoms with van der Waals surface area (Å²) in [5, 5.41) is 3.24. The first-order chi connectivity index (χ1) is 7.34. The van der Waals surface area contributed by atoms with Crippen molar-refractivity contribution in [3.63, 3.8) is 0 Å². The first-order valence-corrected chi connectivity index (χ1v) is 5.42. The van der Waals surface area contributed by atoms with Gasteiger partial charge in [-0.15, -0.1) is 0 Å². The molecule has 0 aromatic carbocycles. The van der Waals surface area contributed by atoms with Crippen LogP contribution < -0.4 is 11.1 Å². The van der Waals surface area contributed by atoms with E-state index in [0.717, 1.165) is 5.56 Å². The standard InChI is InChI=1S/C11H17N3O/c12-11(14-10-3-1-2-4-10)13-7-9-5-6-15-8-9/h5-6,8,10H,1-4,7H2,(H3,12,13,14). The molecule has 1 aromatic heterocycles. The van der Waals surface area contributed by atoms with Gasteiger partial charge in [0.15, 0.2) is 5.96 Å². The van der Waals surface area contributed by atoms with Gasteiger partial charge >= 0.3 is 0 Å². The fourth-order valence-electron chi connectivity index (χ4n) is 1.88. The molecule has 2 rings (SSSR count). The topological polar surface area (TPSA) is 63.5 Å². The molecular weight excluding hydrogens is 190 g/mol. The van der Waals surface area contributed by atoms with Crippen molar-refractivity contribution >= 4 is 5.96 Å². The summed E-state index contributed by atoms with van der Waals surface area (Å²) in [6.45, 7) is 0.585. The smallest absolute Gasteiger partial charge is 0.189 e. The zero-order valence-electron chi connectivity index (χ0n) is 8.78. The van der Waals surface area contributed by atoms with Gasteiger partial charge in [-0.05, 0) is 18.9 Å². The third-order valence-electron chi connectivity index (χ3n) is 2.72. The average Bonchev–Trinajstić information content (AvgIpc) is 2.86. The van der Waals surface area contributed by atoms with E-state index in [0.29, 0.717) is 18.5 Å². The number of furan rings is 1. The molecule has 1 saturated carbocycles. The summed E-state index contributed by atoms with van der Waals surface area (Å²) in [5.74, 6) is 0.545. The second-order valence-electron chi connectivity index (χ2n) is 3.96. The number of guanidine groups is 1. The maximum absolute atomic E-state index is 5.78. The van der Waals surface area contributed by atoms with Crippen molar-refractivity contribution in [3.05, 3.63) is 24.2 Å². The Labute approximate surface area is 89.6 Å². The number of nitrogens with one attached hydrogen (secondary N) is 1. The molecule has 0 unspecified atom stereocenters. The van der Waals surface area contributed by atoms with Gasteiger partial charge in [0.05, 0.1) is 19.1 Å². The molecule has 0 saturated heterocycles. The van der Waals surface area contributed by atoms with Crippen molar-refractivity contribution in [1.82, 2.24) is 5.32 Å². The lowest BCUT2D eigenvalue weighted by molar-refractivity contribution is 0.564. The lowest BCUT2D eigenvalue weighted by atomic mass is 10.2.